The highest BCUT2D eigenvalue weighted by Gasteiger charge is 2.12. The van der Waals surface area contributed by atoms with Crippen LogP contribution in [0.1, 0.15) is 0 Å². The van der Waals surface area contributed by atoms with Crippen LogP contribution in [-0.2, 0) is 0 Å². The Labute approximate surface area is 137 Å². The molecule has 0 amide bonds. The second kappa shape index (κ2) is 6.75. The molecule has 4 nitrogen and oxygen atoms in total. The summed E-state index contributed by atoms with van der Waals surface area (Å²) >= 11 is 0. The Bertz CT molecular complexity index is 784. The number of anilines is 1. The fourth-order valence-corrected chi connectivity index (χ4v) is 2.50. The third-order valence-electron chi connectivity index (χ3n) is 3.86. The molecule has 0 aliphatic carbocycles. The lowest BCUT2D eigenvalue weighted by molar-refractivity contribution is 0.416. The van der Waals surface area contributed by atoms with Gasteiger partial charge >= 0.3 is 0 Å². The van der Waals surface area contributed by atoms with Gasteiger partial charge in [-0.2, -0.15) is 0 Å². The monoisotopic (exact) mass is 306 g/mol. The lowest BCUT2D eigenvalue weighted by Gasteiger charge is -2.20. The number of likely N-dealkylation sites (N-methyl/N-ethyl adjacent to an activating group) is 2. The first-order valence-corrected chi connectivity index (χ1v) is 7.83. The number of rotatable bonds is 5. The minimum absolute atomic E-state index is 0.768. The first-order chi connectivity index (χ1) is 11.1. The van der Waals surface area contributed by atoms with Crippen LogP contribution in [0.25, 0.3) is 22.2 Å². The zero-order valence-electron chi connectivity index (χ0n) is 13.9. The highest BCUT2D eigenvalue weighted by Crippen LogP contribution is 2.27. The number of fused-ring (bicyclic) bond motifs is 1. The summed E-state index contributed by atoms with van der Waals surface area (Å²) in [7, 11) is 6.19. The van der Waals surface area contributed by atoms with Gasteiger partial charge < -0.3 is 9.80 Å². The molecule has 0 unspecified atom stereocenters. The van der Waals surface area contributed by atoms with Crippen LogP contribution in [0.2, 0.25) is 0 Å². The van der Waals surface area contributed by atoms with Crippen LogP contribution in [0.3, 0.4) is 0 Å². The SMILES string of the molecule is CN(C)CCN(C)c1nc(-c2ccccc2)c2ccccc2n1. The van der Waals surface area contributed by atoms with Crippen LogP contribution in [0.4, 0.5) is 5.95 Å². The van der Waals surface area contributed by atoms with Gasteiger partial charge in [-0.1, -0.05) is 48.5 Å². The summed E-state index contributed by atoms with van der Waals surface area (Å²) in [6, 6.07) is 18.5. The van der Waals surface area contributed by atoms with Crippen LogP contribution >= 0.6 is 0 Å². The highest BCUT2D eigenvalue weighted by molar-refractivity contribution is 5.93. The molecule has 118 valence electrons. The largest absolute Gasteiger partial charge is 0.343 e. The molecule has 1 heterocycles. The first kappa shape index (κ1) is 15.4. The molecule has 0 saturated carbocycles. The van der Waals surface area contributed by atoms with Crippen molar-refractivity contribution in [2.45, 2.75) is 0 Å². The molecule has 0 atom stereocenters. The molecule has 0 spiro atoms. The Morgan fingerprint density at radius 1 is 0.783 bits per heavy atom. The number of benzene rings is 2. The Morgan fingerprint density at radius 2 is 1.48 bits per heavy atom. The minimum Gasteiger partial charge on any atom is -0.343 e. The smallest absolute Gasteiger partial charge is 0.226 e. The molecule has 0 aliphatic heterocycles. The van der Waals surface area contributed by atoms with Crippen LogP contribution in [0, 0.1) is 0 Å². The molecule has 0 radical (unpaired) electrons. The van der Waals surface area contributed by atoms with E-state index in [-0.39, 0.29) is 0 Å². The van der Waals surface area contributed by atoms with Gasteiger partial charge in [-0.25, -0.2) is 9.97 Å². The van der Waals surface area contributed by atoms with Crippen LogP contribution in [0.15, 0.2) is 54.6 Å². The predicted octanol–water partition coefficient (Wildman–Crippen LogP) is 3.29. The average Bonchev–Trinajstić information content (AvgIpc) is 2.59. The van der Waals surface area contributed by atoms with Crippen molar-refractivity contribution >= 4 is 16.9 Å². The topological polar surface area (TPSA) is 32.3 Å². The number of para-hydroxylation sites is 1. The Hall–Kier alpha value is -2.46. The van der Waals surface area contributed by atoms with E-state index in [4.69, 9.17) is 9.97 Å². The number of nitrogens with zero attached hydrogens (tertiary/aromatic N) is 4. The van der Waals surface area contributed by atoms with E-state index in [2.05, 4.69) is 42.1 Å². The Kier molecular flexibility index (Phi) is 4.53. The number of hydrogen-bond acceptors (Lipinski definition) is 4. The van der Waals surface area contributed by atoms with Crippen LogP contribution in [-0.4, -0.2) is 49.1 Å². The van der Waals surface area contributed by atoms with Crippen molar-refractivity contribution in [1.82, 2.24) is 14.9 Å². The molecule has 0 fully saturated rings. The van der Waals surface area contributed by atoms with E-state index in [1.807, 2.05) is 43.4 Å². The van der Waals surface area contributed by atoms with Crippen molar-refractivity contribution < 1.29 is 0 Å². The van der Waals surface area contributed by atoms with Gasteiger partial charge in [0.2, 0.25) is 5.95 Å². The van der Waals surface area contributed by atoms with Crippen molar-refractivity contribution in [2.75, 3.05) is 39.1 Å². The summed E-state index contributed by atoms with van der Waals surface area (Å²) in [4.78, 5) is 13.9. The summed E-state index contributed by atoms with van der Waals surface area (Å²) in [5.74, 6) is 0.768. The second-order valence-corrected chi connectivity index (χ2v) is 5.98. The standard InChI is InChI=1S/C19H22N4/c1-22(2)13-14-23(3)19-20-17-12-8-7-11-16(17)18(21-19)15-9-5-4-6-10-15/h4-12H,13-14H2,1-3H3. The number of aromatic nitrogens is 2. The zero-order valence-corrected chi connectivity index (χ0v) is 13.9. The molecule has 0 aliphatic rings. The van der Waals surface area contributed by atoms with E-state index < -0.39 is 0 Å². The maximum absolute atomic E-state index is 4.85. The maximum atomic E-state index is 4.85. The molecule has 3 rings (SSSR count). The van der Waals surface area contributed by atoms with Crippen molar-refractivity contribution in [3.05, 3.63) is 54.6 Å². The Balaban J connectivity index is 2.07. The van der Waals surface area contributed by atoms with E-state index in [0.717, 1.165) is 41.2 Å². The molecular formula is C19H22N4. The van der Waals surface area contributed by atoms with Crippen molar-refractivity contribution in [1.29, 1.82) is 0 Å². The summed E-state index contributed by atoms with van der Waals surface area (Å²) < 4.78 is 0. The normalized spacial score (nSPS) is 11.1. The average molecular weight is 306 g/mol. The van der Waals surface area contributed by atoms with E-state index in [9.17, 15) is 0 Å². The Morgan fingerprint density at radius 3 is 2.22 bits per heavy atom. The van der Waals surface area contributed by atoms with Gasteiger partial charge in [0.05, 0.1) is 11.2 Å². The second-order valence-electron chi connectivity index (χ2n) is 5.98. The van der Waals surface area contributed by atoms with Gasteiger partial charge in [0, 0.05) is 31.1 Å². The van der Waals surface area contributed by atoms with Crippen LogP contribution in [0.5, 0.6) is 0 Å². The van der Waals surface area contributed by atoms with E-state index in [1.165, 1.54) is 0 Å². The molecule has 4 heteroatoms. The summed E-state index contributed by atoms with van der Waals surface area (Å²) in [5, 5.41) is 1.09. The molecule has 0 saturated heterocycles. The predicted molar refractivity (Wildman–Crippen MR) is 96.8 cm³/mol. The third-order valence-corrected chi connectivity index (χ3v) is 3.86. The van der Waals surface area contributed by atoms with Gasteiger partial charge in [-0.3, -0.25) is 0 Å². The maximum Gasteiger partial charge on any atom is 0.226 e. The molecule has 23 heavy (non-hydrogen) atoms. The van der Waals surface area contributed by atoms with Crippen molar-refractivity contribution in [3.63, 3.8) is 0 Å². The van der Waals surface area contributed by atoms with Gasteiger partial charge in [-0.05, 0) is 20.2 Å². The summed E-state index contributed by atoms with van der Waals surface area (Å²) in [5.41, 5.74) is 3.09. The minimum atomic E-state index is 0.768. The van der Waals surface area contributed by atoms with E-state index in [1.54, 1.807) is 0 Å². The zero-order chi connectivity index (χ0) is 16.2. The molecule has 2 aromatic carbocycles. The van der Waals surface area contributed by atoms with Gasteiger partial charge in [0.25, 0.3) is 0 Å². The van der Waals surface area contributed by atoms with Gasteiger partial charge in [0.15, 0.2) is 0 Å². The van der Waals surface area contributed by atoms with Gasteiger partial charge in [-0.15, -0.1) is 0 Å². The molecule has 1 aromatic heterocycles. The fraction of sp³-hybridized carbons (Fsp3) is 0.263. The molecular weight excluding hydrogens is 284 g/mol. The third kappa shape index (κ3) is 3.48. The number of hydrogen-bond donors (Lipinski definition) is 0. The van der Waals surface area contributed by atoms with Gasteiger partial charge in [0.1, 0.15) is 0 Å². The van der Waals surface area contributed by atoms with E-state index >= 15 is 0 Å². The summed E-state index contributed by atoms with van der Waals surface area (Å²) in [6.07, 6.45) is 0. The van der Waals surface area contributed by atoms with E-state index in [0.29, 0.717) is 0 Å². The lowest BCUT2D eigenvalue weighted by Crippen LogP contribution is -2.29. The molecule has 0 N–H and O–H groups in total. The quantitative estimate of drug-likeness (QED) is 0.724. The fourth-order valence-electron chi connectivity index (χ4n) is 2.50. The van der Waals surface area contributed by atoms with Crippen molar-refractivity contribution in [3.8, 4) is 11.3 Å². The summed E-state index contributed by atoms with van der Waals surface area (Å²) in [6.45, 7) is 1.85. The molecule has 3 aromatic rings. The van der Waals surface area contributed by atoms with Crippen LogP contribution < -0.4 is 4.90 Å². The van der Waals surface area contributed by atoms with Crippen molar-refractivity contribution in [2.24, 2.45) is 0 Å². The highest BCUT2D eigenvalue weighted by atomic mass is 15.2. The first-order valence-electron chi connectivity index (χ1n) is 7.83. The lowest BCUT2D eigenvalue weighted by atomic mass is 10.1. The molecule has 0 bridgehead atoms.